The largest absolute Gasteiger partial charge is 0.119 e. The molecule has 0 radical (unpaired) electrons. The van der Waals surface area contributed by atoms with Gasteiger partial charge in [0.1, 0.15) is 4.87 Å². The smallest absolute Gasteiger partial charge is 0.104 e. The van der Waals surface area contributed by atoms with Gasteiger partial charge in [-0.25, -0.2) is 0 Å². The zero-order chi connectivity index (χ0) is 16.7. The molecular weight excluding hydrogens is 300 g/mol. The van der Waals surface area contributed by atoms with E-state index < -0.39 is 4.87 Å². The van der Waals surface area contributed by atoms with Crippen molar-refractivity contribution in [3.05, 3.63) is 107 Å². The van der Waals surface area contributed by atoms with Crippen molar-refractivity contribution in [3.8, 4) is 0 Å². The maximum atomic E-state index is 7.17. The Hall–Kier alpha value is -2.05. The summed E-state index contributed by atoms with van der Waals surface area (Å²) in [6.45, 7) is 6.09. The summed E-state index contributed by atoms with van der Waals surface area (Å²) in [6.07, 6.45) is 0. The van der Waals surface area contributed by atoms with Gasteiger partial charge >= 0.3 is 0 Å². The molecule has 118 valence electrons. The van der Waals surface area contributed by atoms with Crippen LogP contribution in [-0.4, -0.2) is 0 Å². The minimum atomic E-state index is -0.657. The molecule has 0 nitrogen and oxygen atoms in total. The van der Waals surface area contributed by atoms with Gasteiger partial charge < -0.3 is 0 Å². The molecule has 0 aliphatic heterocycles. The van der Waals surface area contributed by atoms with Crippen LogP contribution in [0.4, 0.5) is 0 Å². The molecule has 0 saturated heterocycles. The van der Waals surface area contributed by atoms with E-state index >= 15 is 0 Å². The van der Waals surface area contributed by atoms with Crippen LogP contribution in [0.25, 0.3) is 0 Å². The Bertz CT molecular complexity index is 660. The van der Waals surface area contributed by atoms with E-state index in [1.165, 1.54) is 5.56 Å². The van der Waals surface area contributed by atoms with Gasteiger partial charge in [-0.1, -0.05) is 104 Å². The van der Waals surface area contributed by atoms with E-state index in [4.69, 9.17) is 11.6 Å². The molecule has 0 heterocycles. The van der Waals surface area contributed by atoms with E-state index in [1.54, 1.807) is 0 Å². The van der Waals surface area contributed by atoms with Gasteiger partial charge in [0.2, 0.25) is 0 Å². The molecule has 0 saturated carbocycles. The first-order valence-corrected chi connectivity index (χ1v) is 8.46. The van der Waals surface area contributed by atoms with E-state index in [9.17, 15) is 0 Å². The van der Waals surface area contributed by atoms with Gasteiger partial charge in [0, 0.05) is 0 Å². The second-order valence-corrected chi connectivity index (χ2v) is 5.82. The van der Waals surface area contributed by atoms with Gasteiger partial charge in [-0.15, -0.1) is 11.6 Å². The molecule has 3 aromatic carbocycles. The maximum Gasteiger partial charge on any atom is 0.119 e. The van der Waals surface area contributed by atoms with E-state index in [-0.39, 0.29) is 0 Å². The summed E-state index contributed by atoms with van der Waals surface area (Å²) < 4.78 is 0. The summed E-state index contributed by atoms with van der Waals surface area (Å²) >= 11 is 7.17. The highest BCUT2D eigenvalue weighted by Crippen LogP contribution is 2.42. The molecule has 3 rings (SSSR count). The van der Waals surface area contributed by atoms with Crippen molar-refractivity contribution in [2.45, 2.75) is 25.6 Å². The molecule has 3 aromatic rings. The lowest BCUT2D eigenvalue weighted by Crippen LogP contribution is -2.22. The topological polar surface area (TPSA) is 0 Å². The Morgan fingerprint density at radius 2 is 0.913 bits per heavy atom. The molecular formula is C22H23Cl. The van der Waals surface area contributed by atoms with E-state index in [0.29, 0.717) is 0 Å². The quantitative estimate of drug-likeness (QED) is 0.379. The zero-order valence-electron chi connectivity index (χ0n) is 14.0. The lowest BCUT2D eigenvalue weighted by Gasteiger charge is -2.29. The van der Waals surface area contributed by atoms with Gasteiger partial charge in [-0.05, 0) is 23.6 Å². The van der Waals surface area contributed by atoms with Crippen LogP contribution in [0.1, 0.15) is 36.1 Å². The SMILES string of the molecule is CC.Cc1ccc(C(Cl)(c2ccccc2)c2ccccc2)cc1. The predicted molar refractivity (Wildman–Crippen MR) is 101 cm³/mol. The number of halogens is 1. The predicted octanol–water partition coefficient (Wildman–Crippen LogP) is 6.55. The van der Waals surface area contributed by atoms with Crippen LogP contribution in [0.15, 0.2) is 84.9 Å². The molecule has 0 spiro atoms. The van der Waals surface area contributed by atoms with Crippen molar-refractivity contribution in [2.75, 3.05) is 0 Å². The molecule has 0 aliphatic rings. The maximum absolute atomic E-state index is 7.17. The highest BCUT2D eigenvalue weighted by atomic mass is 35.5. The molecule has 0 aliphatic carbocycles. The number of hydrogen-bond donors (Lipinski definition) is 0. The molecule has 0 N–H and O–H groups in total. The van der Waals surface area contributed by atoms with Crippen molar-refractivity contribution in [1.29, 1.82) is 0 Å². The lowest BCUT2D eigenvalue weighted by molar-refractivity contribution is 0.879. The summed E-state index contributed by atoms with van der Waals surface area (Å²) in [5.74, 6) is 0. The van der Waals surface area contributed by atoms with Crippen molar-refractivity contribution >= 4 is 11.6 Å². The van der Waals surface area contributed by atoms with Crippen LogP contribution in [0, 0.1) is 6.92 Å². The number of alkyl halides is 1. The van der Waals surface area contributed by atoms with Crippen molar-refractivity contribution in [2.24, 2.45) is 0 Å². The molecule has 23 heavy (non-hydrogen) atoms. The molecule has 0 bridgehead atoms. The fourth-order valence-electron chi connectivity index (χ4n) is 2.62. The summed E-state index contributed by atoms with van der Waals surface area (Å²) in [5, 5.41) is 0. The fraction of sp³-hybridized carbons (Fsp3) is 0.182. The summed E-state index contributed by atoms with van der Waals surface area (Å²) in [5.41, 5.74) is 4.49. The third kappa shape index (κ3) is 3.65. The van der Waals surface area contributed by atoms with Gasteiger partial charge in [0.25, 0.3) is 0 Å². The number of hydrogen-bond acceptors (Lipinski definition) is 0. The molecule has 1 heteroatoms. The Morgan fingerprint density at radius 3 is 1.30 bits per heavy atom. The third-order valence-corrected chi connectivity index (χ3v) is 4.45. The van der Waals surface area contributed by atoms with Gasteiger partial charge in [-0.3, -0.25) is 0 Å². The van der Waals surface area contributed by atoms with Crippen LogP contribution in [0.5, 0.6) is 0 Å². The summed E-state index contributed by atoms with van der Waals surface area (Å²) in [4.78, 5) is -0.657. The minimum absolute atomic E-state index is 0.657. The van der Waals surface area contributed by atoms with Gasteiger partial charge in [0.05, 0.1) is 0 Å². The summed E-state index contributed by atoms with van der Waals surface area (Å²) in [7, 11) is 0. The first-order valence-electron chi connectivity index (χ1n) is 8.08. The monoisotopic (exact) mass is 322 g/mol. The fourth-order valence-corrected chi connectivity index (χ4v) is 3.00. The lowest BCUT2D eigenvalue weighted by atomic mass is 9.84. The van der Waals surface area contributed by atoms with Gasteiger partial charge in [-0.2, -0.15) is 0 Å². The van der Waals surface area contributed by atoms with Crippen LogP contribution in [0.3, 0.4) is 0 Å². The Balaban J connectivity index is 0.000000924. The zero-order valence-corrected chi connectivity index (χ0v) is 14.7. The van der Waals surface area contributed by atoms with Crippen molar-refractivity contribution in [1.82, 2.24) is 0 Å². The second kappa shape index (κ2) is 7.99. The number of aryl methyl sites for hydroxylation is 1. The molecule has 0 unspecified atom stereocenters. The Morgan fingerprint density at radius 1 is 0.565 bits per heavy atom. The van der Waals surface area contributed by atoms with Crippen LogP contribution in [0.2, 0.25) is 0 Å². The standard InChI is InChI=1S/C20H17Cl.C2H6/c1-16-12-14-19(15-13-16)20(21,17-8-4-2-5-9-17)18-10-6-3-7-11-18;1-2/h2-15H,1H3;1-2H3. The molecule has 0 aromatic heterocycles. The van der Waals surface area contributed by atoms with E-state index in [0.717, 1.165) is 16.7 Å². The third-order valence-electron chi connectivity index (χ3n) is 3.79. The molecule has 0 fully saturated rings. The Kier molecular flexibility index (Phi) is 6.01. The van der Waals surface area contributed by atoms with Crippen LogP contribution < -0.4 is 0 Å². The minimum Gasteiger partial charge on any atom is -0.104 e. The van der Waals surface area contributed by atoms with Crippen LogP contribution in [-0.2, 0) is 4.87 Å². The van der Waals surface area contributed by atoms with Crippen molar-refractivity contribution < 1.29 is 0 Å². The van der Waals surface area contributed by atoms with E-state index in [2.05, 4.69) is 55.5 Å². The van der Waals surface area contributed by atoms with Gasteiger partial charge in [0.15, 0.2) is 0 Å². The molecule has 0 amide bonds. The number of benzene rings is 3. The number of rotatable bonds is 3. The van der Waals surface area contributed by atoms with Crippen molar-refractivity contribution in [3.63, 3.8) is 0 Å². The van der Waals surface area contributed by atoms with E-state index in [1.807, 2.05) is 50.2 Å². The normalized spacial score (nSPS) is 10.6. The highest BCUT2D eigenvalue weighted by Gasteiger charge is 2.33. The molecule has 0 atom stereocenters. The average molecular weight is 323 g/mol. The average Bonchev–Trinajstić information content (AvgIpc) is 2.65. The van der Waals surface area contributed by atoms with Crippen LogP contribution >= 0.6 is 11.6 Å². The first kappa shape index (κ1) is 17.3. The second-order valence-electron chi connectivity index (χ2n) is 5.26. The first-order chi connectivity index (χ1) is 11.2. The highest BCUT2D eigenvalue weighted by molar-refractivity contribution is 6.28. The Labute approximate surface area is 144 Å². The summed E-state index contributed by atoms with van der Waals surface area (Å²) in [6, 6.07) is 28.9.